The monoisotopic (exact) mass is 400 g/mol. The second-order valence-electron chi connectivity index (χ2n) is 5.03. The molecule has 0 bridgehead atoms. The molecule has 0 aliphatic rings. The van der Waals surface area contributed by atoms with Gasteiger partial charge in [-0.05, 0) is 18.2 Å². The van der Waals surface area contributed by atoms with Crippen molar-refractivity contribution in [2.75, 3.05) is 0 Å². The van der Waals surface area contributed by atoms with Gasteiger partial charge in [0, 0.05) is 27.2 Å². The number of rotatable bonds is 4. The van der Waals surface area contributed by atoms with E-state index in [2.05, 4.69) is 20.9 Å². The van der Waals surface area contributed by atoms with Gasteiger partial charge in [0.1, 0.15) is 0 Å². The van der Waals surface area contributed by atoms with Crippen molar-refractivity contribution in [3.63, 3.8) is 0 Å². The molecule has 0 fully saturated rings. The lowest BCUT2D eigenvalue weighted by molar-refractivity contribution is 0.0963. The maximum absolute atomic E-state index is 12.3. The molecule has 1 heterocycles. The van der Waals surface area contributed by atoms with E-state index >= 15 is 0 Å². The molecule has 0 saturated heterocycles. The first-order chi connectivity index (χ1) is 11.6. The Morgan fingerprint density at radius 3 is 2.54 bits per heavy atom. The van der Waals surface area contributed by atoms with Crippen LogP contribution < -0.4 is 4.80 Å². The van der Waals surface area contributed by atoms with Gasteiger partial charge in [-0.3, -0.25) is 9.59 Å². The third-order valence-corrected chi connectivity index (χ3v) is 4.63. The van der Waals surface area contributed by atoms with Crippen LogP contribution in [0, 0.1) is 0 Å². The average Bonchev–Trinajstić information content (AvgIpc) is 3.02. The Morgan fingerprint density at radius 1 is 1.04 bits per heavy atom. The number of hydrogen-bond acceptors (Lipinski definition) is 3. The van der Waals surface area contributed by atoms with E-state index in [9.17, 15) is 9.59 Å². The molecule has 1 amide bonds. The number of carbonyl (C=O) groups is 2. The van der Waals surface area contributed by atoms with Crippen LogP contribution in [0.4, 0.5) is 0 Å². The smallest absolute Gasteiger partial charge is 0.279 e. The summed E-state index contributed by atoms with van der Waals surface area (Å²) in [6, 6.07) is 16.1. The van der Waals surface area contributed by atoms with Crippen molar-refractivity contribution in [2.45, 2.75) is 6.54 Å². The van der Waals surface area contributed by atoms with Crippen LogP contribution in [0.2, 0.25) is 0 Å². The SMILES string of the molecule is O=C(Cn1ccsc1=NC(=O)c1cccc(Br)c1)c1ccccc1. The van der Waals surface area contributed by atoms with Gasteiger partial charge in [-0.2, -0.15) is 4.99 Å². The van der Waals surface area contributed by atoms with Crippen LogP contribution in [0.1, 0.15) is 20.7 Å². The third-order valence-electron chi connectivity index (χ3n) is 3.34. The van der Waals surface area contributed by atoms with Gasteiger partial charge in [0.2, 0.25) is 0 Å². The van der Waals surface area contributed by atoms with E-state index in [4.69, 9.17) is 0 Å². The first-order valence-corrected chi connectivity index (χ1v) is 8.87. The van der Waals surface area contributed by atoms with Crippen molar-refractivity contribution in [3.8, 4) is 0 Å². The number of benzene rings is 2. The minimum Gasteiger partial charge on any atom is -0.316 e. The fourth-order valence-corrected chi connectivity index (χ4v) is 3.28. The fraction of sp³-hybridized carbons (Fsp3) is 0.0556. The highest BCUT2D eigenvalue weighted by Gasteiger charge is 2.09. The molecule has 0 unspecified atom stereocenters. The van der Waals surface area contributed by atoms with E-state index in [0.29, 0.717) is 15.9 Å². The fourth-order valence-electron chi connectivity index (χ4n) is 2.15. The van der Waals surface area contributed by atoms with Gasteiger partial charge in [-0.1, -0.05) is 52.3 Å². The molecule has 2 aromatic carbocycles. The van der Waals surface area contributed by atoms with Crippen LogP contribution in [-0.4, -0.2) is 16.3 Å². The molecular weight excluding hydrogens is 388 g/mol. The zero-order valence-electron chi connectivity index (χ0n) is 12.6. The summed E-state index contributed by atoms with van der Waals surface area (Å²) in [7, 11) is 0. The molecule has 24 heavy (non-hydrogen) atoms. The summed E-state index contributed by atoms with van der Waals surface area (Å²) in [6.45, 7) is 0.151. The first kappa shape index (κ1) is 16.5. The molecule has 3 rings (SSSR count). The highest BCUT2D eigenvalue weighted by molar-refractivity contribution is 9.10. The topological polar surface area (TPSA) is 51.4 Å². The van der Waals surface area contributed by atoms with E-state index < -0.39 is 0 Å². The Labute approximate surface area is 151 Å². The van der Waals surface area contributed by atoms with Crippen molar-refractivity contribution >= 4 is 39.0 Å². The molecule has 1 aromatic heterocycles. The van der Waals surface area contributed by atoms with Crippen molar-refractivity contribution in [1.82, 2.24) is 4.57 Å². The first-order valence-electron chi connectivity index (χ1n) is 7.20. The summed E-state index contributed by atoms with van der Waals surface area (Å²) in [5.41, 5.74) is 1.14. The second-order valence-corrected chi connectivity index (χ2v) is 6.82. The number of Topliss-reactive ketones (excluding diaryl/α,β-unsaturated/α-hetero) is 1. The van der Waals surface area contributed by atoms with Gasteiger partial charge in [0.15, 0.2) is 10.6 Å². The number of thiazole rings is 1. The standard InChI is InChI=1S/C18H13BrN2O2S/c19-15-8-4-7-14(11-15)17(23)20-18-21(9-10-24-18)12-16(22)13-5-2-1-3-6-13/h1-11H,12H2. The predicted octanol–water partition coefficient (Wildman–Crippen LogP) is 3.94. The molecule has 4 nitrogen and oxygen atoms in total. The van der Waals surface area contributed by atoms with Gasteiger partial charge in [0.05, 0.1) is 6.54 Å². The summed E-state index contributed by atoms with van der Waals surface area (Å²) < 4.78 is 2.51. The van der Waals surface area contributed by atoms with Gasteiger partial charge >= 0.3 is 0 Å². The maximum atomic E-state index is 12.3. The van der Waals surface area contributed by atoms with Gasteiger partial charge in [0.25, 0.3) is 5.91 Å². The van der Waals surface area contributed by atoms with Crippen molar-refractivity contribution in [2.24, 2.45) is 4.99 Å². The molecular formula is C18H13BrN2O2S. The summed E-state index contributed by atoms with van der Waals surface area (Å²) in [6.07, 6.45) is 1.76. The lowest BCUT2D eigenvalue weighted by Crippen LogP contribution is -2.21. The van der Waals surface area contributed by atoms with Gasteiger partial charge < -0.3 is 4.57 Å². The van der Waals surface area contributed by atoms with Crippen LogP contribution in [0.3, 0.4) is 0 Å². The summed E-state index contributed by atoms with van der Waals surface area (Å²) in [5.74, 6) is -0.356. The summed E-state index contributed by atoms with van der Waals surface area (Å²) in [4.78, 5) is 29.3. The molecule has 3 aromatic rings. The van der Waals surface area contributed by atoms with Crippen molar-refractivity contribution in [3.05, 3.63) is 86.6 Å². The quantitative estimate of drug-likeness (QED) is 0.622. The Kier molecular flexibility index (Phi) is 5.17. The molecule has 0 aliphatic heterocycles. The summed E-state index contributed by atoms with van der Waals surface area (Å²) >= 11 is 4.67. The number of carbonyl (C=O) groups excluding carboxylic acids is 2. The highest BCUT2D eigenvalue weighted by Crippen LogP contribution is 2.12. The normalized spacial score (nSPS) is 11.5. The molecule has 0 atom stereocenters. The number of aromatic nitrogens is 1. The lowest BCUT2D eigenvalue weighted by Gasteiger charge is -2.02. The van der Waals surface area contributed by atoms with E-state index in [-0.39, 0.29) is 18.2 Å². The Hall–Kier alpha value is -2.31. The zero-order chi connectivity index (χ0) is 16.9. The number of ketones is 1. The van der Waals surface area contributed by atoms with Crippen molar-refractivity contribution < 1.29 is 9.59 Å². The Balaban J connectivity index is 1.85. The van der Waals surface area contributed by atoms with Crippen LogP contribution in [0.25, 0.3) is 0 Å². The molecule has 0 radical (unpaired) electrons. The molecule has 0 aliphatic carbocycles. The van der Waals surface area contributed by atoms with Crippen LogP contribution in [0.15, 0.2) is 75.6 Å². The van der Waals surface area contributed by atoms with E-state index in [1.807, 2.05) is 29.6 Å². The van der Waals surface area contributed by atoms with Crippen LogP contribution in [-0.2, 0) is 6.54 Å². The molecule has 0 saturated carbocycles. The Morgan fingerprint density at radius 2 is 1.79 bits per heavy atom. The minimum absolute atomic E-state index is 0.0228. The van der Waals surface area contributed by atoms with E-state index in [1.165, 1.54) is 11.3 Å². The molecule has 120 valence electrons. The van der Waals surface area contributed by atoms with Crippen LogP contribution in [0.5, 0.6) is 0 Å². The van der Waals surface area contributed by atoms with E-state index in [0.717, 1.165) is 4.47 Å². The number of nitrogens with zero attached hydrogens (tertiary/aromatic N) is 2. The zero-order valence-corrected chi connectivity index (χ0v) is 15.0. The maximum Gasteiger partial charge on any atom is 0.279 e. The largest absolute Gasteiger partial charge is 0.316 e. The third kappa shape index (κ3) is 3.96. The van der Waals surface area contributed by atoms with E-state index in [1.54, 1.807) is 41.1 Å². The predicted molar refractivity (Wildman–Crippen MR) is 97.1 cm³/mol. The van der Waals surface area contributed by atoms with Gasteiger partial charge in [-0.25, -0.2) is 0 Å². The van der Waals surface area contributed by atoms with Crippen LogP contribution >= 0.6 is 27.3 Å². The number of amides is 1. The Bertz CT molecular complexity index is 945. The number of halogens is 1. The average molecular weight is 401 g/mol. The molecule has 0 spiro atoms. The second kappa shape index (κ2) is 7.51. The van der Waals surface area contributed by atoms with Gasteiger partial charge in [-0.15, -0.1) is 11.3 Å². The number of hydrogen-bond donors (Lipinski definition) is 0. The lowest BCUT2D eigenvalue weighted by atomic mass is 10.1. The molecule has 6 heteroatoms. The highest BCUT2D eigenvalue weighted by atomic mass is 79.9. The molecule has 0 N–H and O–H groups in total. The summed E-state index contributed by atoms with van der Waals surface area (Å²) in [5, 5.41) is 1.81. The minimum atomic E-state index is -0.334. The van der Waals surface area contributed by atoms with Crippen molar-refractivity contribution in [1.29, 1.82) is 0 Å².